The van der Waals surface area contributed by atoms with Crippen LogP contribution >= 0.6 is 11.6 Å². The van der Waals surface area contributed by atoms with E-state index in [1.54, 1.807) is 12.1 Å². The average molecular weight is 503 g/mol. The summed E-state index contributed by atoms with van der Waals surface area (Å²) in [6.07, 6.45) is 2.33. The van der Waals surface area contributed by atoms with Gasteiger partial charge in [0.15, 0.2) is 0 Å². The van der Waals surface area contributed by atoms with Crippen molar-refractivity contribution in [2.75, 3.05) is 30.0 Å². The van der Waals surface area contributed by atoms with Crippen molar-refractivity contribution in [2.45, 2.75) is 25.8 Å². The minimum Gasteiger partial charge on any atom is -0.507 e. The summed E-state index contributed by atoms with van der Waals surface area (Å²) in [6, 6.07) is 19.3. The molecule has 0 aliphatic carbocycles. The minimum atomic E-state index is -0.787. The molecule has 2 fully saturated rings. The molecule has 0 spiro atoms. The van der Waals surface area contributed by atoms with E-state index in [0.717, 1.165) is 29.9 Å². The molecule has 0 radical (unpaired) electrons. The molecular weight excluding hydrogens is 476 g/mol. The van der Waals surface area contributed by atoms with Crippen molar-refractivity contribution in [3.05, 3.63) is 94.0 Å². The number of carbonyl (C=O) groups excluding carboxylic acids is 2. The second kappa shape index (κ2) is 9.70. The molecule has 0 saturated carbocycles. The number of nitrogens with zero attached hydrogens (tertiary/aromatic N) is 2. The van der Waals surface area contributed by atoms with Crippen molar-refractivity contribution in [3.8, 4) is 5.75 Å². The SMILES string of the molecule is COc1ccc(/C(O)=C2\C(=O)C(=O)N(c3ccc(N4CCCC4)cc3)C2c2ccccc2C)cc1Cl. The summed E-state index contributed by atoms with van der Waals surface area (Å²) < 4.78 is 5.21. The molecule has 3 aromatic carbocycles. The van der Waals surface area contributed by atoms with E-state index in [0.29, 0.717) is 22.0 Å². The van der Waals surface area contributed by atoms with Gasteiger partial charge >= 0.3 is 0 Å². The molecule has 6 nitrogen and oxygen atoms in total. The van der Waals surface area contributed by atoms with E-state index in [9.17, 15) is 14.7 Å². The highest BCUT2D eigenvalue weighted by molar-refractivity contribution is 6.51. The number of ether oxygens (including phenoxy) is 1. The molecule has 2 heterocycles. The Hall–Kier alpha value is -3.77. The number of rotatable bonds is 5. The van der Waals surface area contributed by atoms with E-state index < -0.39 is 17.7 Å². The third kappa shape index (κ3) is 4.11. The maximum atomic E-state index is 13.4. The Morgan fingerprint density at radius 3 is 2.28 bits per heavy atom. The summed E-state index contributed by atoms with van der Waals surface area (Å²) >= 11 is 6.29. The number of methoxy groups -OCH3 is 1. The molecule has 1 N–H and O–H groups in total. The zero-order chi connectivity index (χ0) is 25.4. The lowest BCUT2D eigenvalue weighted by molar-refractivity contribution is -0.132. The number of amides is 1. The first-order chi connectivity index (χ1) is 17.4. The summed E-state index contributed by atoms with van der Waals surface area (Å²) in [7, 11) is 1.50. The van der Waals surface area contributed by atoms with Crippen LogP contribution in [0.3, 0.4) is 0 Å². The summed E-state index contributed by atoms with van der Waals surface area (Å²) in [5, 5.41) is 11.6. The minimum absolute atomic E-state index is 0.0270. The van der Waals surface area contributed by atoms with E-state index in [1.807, 2.05) is 55.5 Å². The summed E-state index contributed by atoms with van der Waals surface area (Å²) in [6.45, 7) is 3.95. The Kier molecular flexibility index (Phi) is 6.46. The second-order valence-electron chi connectivity index (χ2n) is 9.09. The molecule has 7 heteroatoms. The van der Waals surface area contributed by atoms with Crippen LogP contribution in [0.15, 0.2) is 72.3 Å². The number of aliphatic hydroxyl groups excluding tert-OH is 1. The zero-order valence-electron chi connectivity index (χ0n) is 20.2. The molecule has 36 heavy (non-hydrogen) atoms. The zero-order valence-corrected chi connectivity index (χ0v) is 21.0. The van der Waals surface area contributed by atoms with E-state index in [4.69, 9.17) is 16.3 Å². The van der Waals surface area contributed by atoms with Crippen LogP contribution in [0.1, 0.15) is 35.6 Å². The van der Waals surface area contributed by atoms with Gasteiger partial charge in [0.25, 0.3) is 11.7 Å². The topological polar surface area (TPSA) is 70.1 Å². The lowest BCUT2D eigenvalue weighted by Crippen LogP contribution is -2.29. The van der Waals surface area contributed by atoms with Crippen molar-refractivity contribution in [1.82, 2.24) is 0 Å². The highest BCUT2D eigenvalue weighted by Crippen LogP contribution is 2.44. The van der Waals surface area contributed by atoms with Crippen LogP contribution in [0.2, 0.25) is 5.02 Å². The molecule has 0 bridgehead atoms. The standard InChI is InChI=1S/C29H27ClN2O4/c1-18-7-3-4-8-22(18)26-25(27(33)19-9-14-24(36-2)23(30)17-19)28(34)29(35)32(26)21-12-10-20(11-13-21)31-15-5-6-16-31/h3-4,7-14,17,26,33H,5-6,15-16H2,1-2H3/b27-25+. The highest BCUT2D eigenvalue weighted by atomic mass is 35.5. The highest BCUT2D eigenvalue weighted by Gasteiger charge is 2.47. The van der Waals surface area contributed by atoms with E-state index in [1.165, 1.54) is 30.9 Å². The first-order valence-electron chi connectivity index (χ1n) is 12.0. The van der Waals surface area contributed by atoms with Crippen LogP contribution in [0.4, 0.5) is 11.4 Å². The molecule has 1 amide bonds. The van der Waals surface area contributed by atoms with E-state index in [-0.39, 0.29) is 11.3 Å². The third-order valence-corrected chi connectivity index (χ3v) is 7.25. The van der Waals surface area contributed by atoms with Gasteiger partial charge in [-0.3, -0.25) is 14.5 Å². The number of anilines is 2. The predicted molar refractivity (Wildman–Crippen MR) is 142 cm³/mol. The van der Waals surface area contributed by atoms with Crippen molar-refractivity contribution in [1.29, 1.82) is 0 Å². The summed E-state index contributed by atoms with van der Waals surface area (Å²) in [5.74, 6) is -1.25. The van der Waals surface area contributed by atoms with Crippen LogP contribution in [0.5, 0.6) is 5.75 Å². The smallest absolute Gasteiger partial charge is 0.300 e. The monoisotopic (exact) mass is 502 g/mol. The van der Waals surface area contributed by atoms with Gasteiger partial charge in [0.1, 0.15) is 11.5 Å². The molecule has 1 unspecified atom stereocenters. The number of aliphatic hydroxyl groups is 1. The van der Waals surface area contributed by atoms with Crippen LogP contribution in [0, 0.1) is 6.92 Å². The molecule has 0 aromatic heterocycles. The maximum absolute atomic E-state index is 13.4. The number of hydrogen-bond acceptors (Lipinski definition) is 5. The van der Waals surface area contributed by atoms with Crippen LogP contribution in [0.25, 0.3) is 5.76 Å². The largest absolute Gasteiger partial charge is 0.507 e. The molecule has 2 saturated heterocycles. The molecule has 184 valence electrons. The molecule has 1 atom stereocenters. The van der Waals surface area contributed by atoms with Gasteiger partial charge < -0.3 is 14.7 Å². The van der Waals surface area contributed by atoms with Gasteiger partial charge in [0.2, 0.25) is 0 Å². The Morgan fingerprint density at radius 2 is 1.64 bits per heavy atom. The van der Waals surface area contributed by atoms with E-state index >= 15 is 0 Å². The van der Waals surface area contributed by atoms with Gasteiger partial charge in [0, 0.05) is 30.0 Å². The number of halogens is 1. The van der Waals surface area contributed by atoms with Crippen LogP contribution in [-0.4, -0.2) is 37.0 Å². The molecule has 2 aliphatic rings. The molecule has 5 rings (SSSR count). The number of ketones is 1. The first kappa shape index (κ1) is 23.9. The fourth-order valence-electron chi connectivity index (χ4n) is 5.06. The van der Waals surface area contributed by atoms with Crippen LogP contribution < -0.4 is 14.5 Å². The lowest BCUT2D eigenvalue weighted by atomic mass is 9.92. The lowest BCUT2D eigenvalue weighted by Gasteiger charge is -2.27. The van der Waals surface area contributed by atoms with Gasteiger partial charge in [-0.1, -0.05) is 35.9 Å². The van der Waals surface area contributed by atoms with Gasteiger partial charge in [-0.2, -0.15) is 0 Å². The second-order valence-corrected chi connectivity index (χ2v) is 9.49. The summed E-state index contributed by atoms with van der Waals surface area (Å²) in [4.78, 5) is 30.6. The number of carbonyl (C=O) groups is 2. The Labute approximate surface area is 215 Å². The fraction of sp³-hybridized carbons (Fsp3) is 0.241. The molecule has 2 aliphatic heterocycles. The molecular formula is C29H27ClN2O4. The summed E-state index contributed by atoms with van der Waals surface area (Å²) in [5.41, 5.74) is 3.72. The Morgan fingerprint density at radius 1 is 0.972 bits per heavy atom. The predicted octanol–water partition coefficient (Wildman–Crippen LogP) is 5.88. The normalized spacial score (nSPS) is 19.2. The first-order valence-corrected chi connectivity index (χ1v) is 12.3. The number of hydrogen-bond donors (Lipinski definition) is 1. The Bertz CT molecular complexity index is 1360. The third-order valence-electron chi connectivity index (χ3n) is 6.95. The van der Waals surface area contributed by atoms with Crippen molar-refractivity contribution in [3.63, 3.8) is 0 Å². The fourth-order valence-corrected chi connectivity index (χ4v) is 5.31. The quantitative estimate of drug-likeness (QED) is 0.268. The maximum Gasteiger partial charge on any atom is 0.300 e. The van der Waals surface area contributed by atoms with E-state index in [2.05, 4.69) is 4.90 Å². The van der Waals surface area contributed by atoms with Gasteiger partial charge in [-0.05, 0) is 73.4 Å². The number of Topliss-reactive ketones (excluding diaryl/α,β-unsaturated/α-hetero) is 1. The van der Waals surface area contributed by atoms with Gasteiger partial charge in [-0.15, -0.1) is 0 Å². The average Bonchev–Trinajstić information content (AvgIpc) is 3.51. The number of aryl methyl sites for hydroxylation is 1. The van der Waals surface area contributed by atoms with Crippen LogP contribution in [-0.2, 0) is 9.59 Å². The van der Waals surface area contributed by atoms with Gasteiger partial charge in [-0.25, -0.2) is 0 Å². The number of benzene rings is 3. The van der Waals surface area contributed by atoms with Gasteiger partial charge in [0.05, 0.1) is 23.7 Å². The van der Waals surface area contributed by atoms with Crippen molar-refractivity contribution >= 4 is 40.4 Å². The Balaban J connectivity index is 1.64. The van der Waals surface area contributed by atoms with Crippen molar-refractivity contribution < 1.29 is 19.4 Å². The molecule has 3 aromatic rings. The van der Waals surface area contributed by atoms with Crippen molar-refractivity contribution in [2.24, 2.45) is 0 Å².